The van der Waals surface area contributed by atoms with E-state index in [4.69, 9.17) is 17.2 Å². The third-order valence-corrected chi connectivity index (χ3v) is 5.65. The molecule has 0 atom stereocenters. The van der Waals surface area contributed by atoms with Crippen molar-refractivity contribution in [2.75, 3.05) is 39.3 Å². The molecule has 34 heavy (non-hydrogen) atoms. The first kappa shape index (κ1) is 32.2. The van der Waals surface area contributed by atoms with Crippen LogP contribution in [0.2, 0.25) is 0 Å². The number of hydrogen-bond acceptors (Lipinski definition) is 7. The number of nitrogens with two attached hydrogens (primary N) is 3. The standard InChI is InChI=1S/C24H50N6O4/c25-13-7-1-4-10-16-28-21(31)19-24(34,23(33)30-18-12-6-3-9-15-27)20-22(32)29-17-11-5-2-8-14-26/h34H,1-20,25-27H2,(H,28,31)(H,29,32)(H,30,33). The molecular weight excluding hydrogens is 436 g/mol. The van der Waals surface area contributed by atoms with E-state index in [9.17, 15) is 19.5 Å². The molecule has 0 spiro atoms. The summed E-state index contributed by atoms with van der Waals surface area (Å²) < 4.78 is 0. The Balaban J connectivity index is 4.68. The molecule has 0 bridgehead atoms. The van der Waals surface area contributed by atoms with Crippen LogP contribution in [0.4, 0.5) is 0 Å². The lowest BCUT2D eigenvalue weighted by atomic mass is 9.93. The van der Waals surface area contributed by atoms with Gasteiger partial charge in [-0.05, 0) is 58.2 Å². The second-order valence-electron chi connectivity index (χ2n) is 8.95. The second kappa shape index (κ2) is 21.8. The summed E-state index contributed by atoms with van der Waals surface area (Å²) in [7, 11) is 0. The monoisotopic (exact) mass is 486 g/mol. The summed E-state index contributed by atoms with van der Waals surface area (Å²) in [5, 5.41) is 19.2. The minimum absolute atomic E-state index is 0.372. The minimum atomic E-state index is -2.09. The third kappa shape index (κ3) is 17.7. The summed E-state index contributed by atoms with van der Waals surface area (Å²) in [5.74, 6) is -1.59. The molecule has 10 nitrogen and oxygen atoms in total. The number of hydrogen-bond donors (Lipinski definition) is 7. The number of aliphatic hydroxyl groups is 1. The maximum Gasteiger partial charge on any atom is 0.253 e. The van der Waals surface area contributed by atoms with Gasteiger partial charge in [0.2, 0.25) is 11.8 Å². The van der Waals surface area contributed by atoms with Gasteiger partial charge < -0.3 is 38.3 Å². The molecule has 10 heteroatoms. The van der Waals surface area contributed by atoms with Gasteiger partial charge in [0.15, 0.2) is 5.60 Å². The fourth-order valence-electron chi connectivity index (χ4n) is 3.57. The fourth-order valence-corrected chi connectivity index (χ4v) is 3.57. The number of carbonyl (C=O) groups excluding carboxylic acids is 3. The molecule has 0 aliphatic rings. The van der Waals surface area contributed by atoms with E-state index >= 15 is 0 Å². The van der Waals surface area contributed by atoms with E-state index in [1.54, 1.807) is 0 Å². The predicted octanol–water partition coefficient (Wildman–Crippen LogP) is 0.404. The average molecular weight is 487 g/mol. The van der Waals surface area contributed by atoms with Crippen molar-refractivity contribution in [3.8, 4) is 0 Å². The molecule has 0 rings (SSSR count). The summed E-state index contributed by atoms with van der Waals surface area (Å²) in [4.78, 5) is 37.6. The Hall–Kier alpha value is -1.75. The summed E-state index contributed by atoms with van der Waals surface area (Å²) in [6.45, 7) is 3.22. The van der Waals surface area contributed by atoms with Crippen molar-refractivity contribution in [2.45, 2.75) is 95.5 Å². The van der Waals surface area contributed by atoms with Gasteiger partial charge >= 0.3 is 0 Å². The SMILES string of the molecule is NCCCCCCNC(=O)CC(O)(CC(=O)NCCCCCCN)C(=O)NCCCCCCN. The molecule has 3 amide bonds. The van der Waals surface area contributed by atoms with Crippen molar-refractivity contribution in [1.29, 1.82) is 0 Å². The van der Waals surface area contributed by atoms with E-state index in [0.717, 1.165) is 77.0 Å². The highest BCUT2D eigenvalue weighted by Gasteiger charge is 2.40. The Labute approximate surface area is 205 Å². The predicted molar refractivity (Wildman–Crippen MR) is 136 cm³/mol. The number of carbonyl (C=O) groups is 3. The highest BCUT2D eigenvalue weighted by molar-refractivity contribution is 5.95. The first-order chi connectivity index (χ1) is 16.4. The van der Waals surface area contributed by atoms with Crippen molar-refractivity contribution in [1.82, 2.24) is 16.0 Å². The minimum Gasteiger partial charge on any atom is -0.379 e. The highest BCUT2D eigenvalue weighted by atomic mass is 16.3. The van der Waals surface area contributed by atoms with Crippen LogP contribution in [-0.2, 0) is 14.4 Å². The van der Waals surface area contributed by atoms with Gasteiger partial charge in [0.25, 0.3) is 5.91 Å². The molecule has 0 fully saturated rings. The Kier molecular flexibility index (Phi) is 20.6. The lowest BCUT2D eigenvalue weighted by Crippen LogP contribution is -2.52. The van der Waals surface area contributed by atoms with Gasteiger partial charge in [-0.15, -0.1) is 0 Å². The van der Waals surface area contributed by atoms with E-state index in [2.05, 4.69) is 16.0 Å². The van der Waals surface area contributed by atoms with Gasteiger partial charge in [-0.3, -0.25) is 14.4 Å². The normalized spacial score (nSPS) is 11.3. The van der Waals surface area contributed by atoms with E-state index < -0.39 is 36.2 Å². The Morgan fingerprint density at radius 1 is 0.529 bits per heavy atom. The Morgan fingerprint density at radius 3 is 1.21 bits per heavy atom. The second-order valence-corrected chi connectivity index (χ2v) is 8.95. The summed E-state index contributed by atoms with van der Waals surface area (Å²) in [6.07, 6.45) is 9.99. The molecule has 200 valence electrons. The molecule has 0 aromatic rings. The quantitative estimate of drug-likeness (QED) is 0.102. The topological polar surface area (TPSA) is 186 Å². The van der Waals surface area contributed by atoms with Crippen molar-refractivity contribution in [3.05, 3.63) is 0 Å². The van der Waals surface area contributed by atoms with Gasteiger partial charge in [-0.1, -0.05) is 38.5 Å². The van der Waals surface area contributed by atoms with Crippen LogP contribution in [0.25, 0.3) is 0 Å². The van der Waals surface area contributed by atoms with Gasteiger partial charge in [0, 0.05) is 19.6 Å². The van der Waals surface area contributed by atoms with Gasteiger partial charge in [0.05, 0.1) is 12.8 Å². The molecule has 0 saturated heterocycles. The van der Waals surface area contributed by atoms with Crippen LogP contribution in [0.1, 0.15) is 89.9 Å². The van der Waals surface area contributed by atoms with E-state index in [0.29, 0.717) is 39.3 Å². The molecule has 0 aliphatic heterocycles. The molecule has 0 saturated carbocycles. The molecule has 0 radical (unpaired) electrons. The van der Waals surface area contributed by atoms with Crippen LogP contribution in [-0.4, -0.2) is 67.7 Å². The van der Waals surface area contributed by atoms with Crippen LogP contribution < -0.4 is 33.2 Å². The van der Waals surface area contributed by atoms with Gasteiger partial charge in [0.1, 0.15) is 0 Å². The fraction of sp³-hybridized carbons (Fsp3) is 0.875. The zero-order valence-corrected chi connectivity index (χ0v) is 21.0. The largest absolute Gasteiger partial charge is 0.379 e. The highest BCUT2D eigenvalue weighted by Crippen LogP contribution is 2.17. The van der Waals surface area contributed by atoms with Crippen LogP contribution in [0.15, 0.2) is 0 Å². The van der Waals surface area contributed by atoms with Crippen LogP contribution in [0, 0.1) is 0 Å². The van der Waals surface area contributed by atoms with Crippen LogP contribution in [0.5, 0.6) is 0 Å². The third-order valence-electron chi connectivity index (χ3n) is 5.65. The summed E-state index contributed by atoms with van der Waals surface area (Å²) in [5.41, 5.74) is 14.3. The van der Waals surface area contributed by atoms with E-state index in [1.807, 2.05) is 0 Å². The van der Waals surface area contributed by atoms with E-state index in [-0.39, 0.29) is 0 Å². The average Bonchev–Trinajstić information content (AvgIpc) is 2.80. The zero-order valence-electron chi connectivity index (χ0n) is 21.0. The number of rotatable bonds is 23. The molecule has 0 heterocycles. The number of amides is 3. The van der Waals surface area contributed by atoms with Crippen LogP contribution >= 0.6 is 0 Å². The molecule has 0 aromatic carbocycles. The number of nitrogens with one attached hydrogen (secondary N) is 3. The van der Waals surface area contributed by atoms with Crippen molar-refractivity contribution < 1.29 is 19.5 Å². The summed E-state index contributed by atoms with van der Waals surface area (Å²) in [6, 6.07) is 0. The Bertz CT molecular complexity index is 518. The maximum atomic E-state index is 12.8. The molecule has 10 N–H and O–H groups in total. The smallest absolute Gasteiger partial charge is 0.253 e. The van der Waals surface area contributed by atoms with Gasteiger partial charge in [-0.25, -0.2) is 0 Å². The molecule has 0 unspecified atom stereocenters. The van der Waals surface area contributed by atoms with Crippen molar-refractivity contribution >= 4 is 17.7 Å². The van der Waals surface area contributed by atoms with Crippen LogP contribution in [0.3, 0.4) is 0 Å². The number of unbranched alkanes of at least 4 members (excludes halogenated alkanes) is 9. The summed E-state index contributed by atoms with van der Waals surface area (Å²) >= 11 is 0. The molecule has 0 aliphatic carbocycles. The molecule has 0 aromatic heterocycles. The lowest BCUT2D eigenvalue weighted by Gasteiger charge is -2.26. The molecular formula is C24H50N6O4. The lowest BCUT2D eigenvalue weighted by molar-refractivity contribution is -0.149. The van der Waals surface area contributed by atoms with E-state index in [1.165, 1.54) is 0 Å². The zero-order chi connectivity index (χ0) is 25.5. The first-order valence-corrected chi connectivity index (χ1v) is 13.0. The van der Waals surface area contributed by atoms with Gasteiger partial charge in [-0.2, -0.15) is 0 Å². The first-order valence-electron chi connectivity index (χ1n) is 13.0. The van der Waals surface area contributed by atoms with Crippen molar-refractivity contribution in [2.24, 2.45) is 17.2 Å². The Morgan fingerprint density at radius 2 is 0.853 bits per heavy atom. The van der Waals surface area contributed by atoms with Crippen molar-refractivity contribution in [3.63, 3.8) is 0 Å². The maximum absolute atomic E-state index is 12.8.